The maximum atomic E-state index is 12.2. The highest BCUT2D eigenvalue weighted by Crippen LogP contribution is 2.20. The Bertz CT molecular complexity index is 391. The van der Waals surface area contributed by atoms with Gasteiger partial charge >= 0.3 is 0 Å². The average Bonchev–Trinajstić information content (AvgIpc) is 2.46. The monoisotopic (exact) mass is 297 g/mol. The number of carbonyl (C=O) groups excluding carboxylic acids is 1. The Kier molecular flexibility index (Phi) is 7.55. The van der Waals surface area contributed by atoms with Crippen molar-refractivity contribution in [1.82, 2.24) is 15.2 Å². The first-order valence-corrected chi connectivity index (χ1v) is 7.11. The third-order valence-electron chi connectivity index (χ3n) is 3.85. The fraction of sp³-hybridized carbons (Fsp3) is 0.600. The fourth-order valence-electron chi connectivity index (χ4n) is 2.61. The van der Waals surface area contributed by atoms with Crippen molar-refractivity contribution in [3.05, 3.63) is 30.1 Å². The van der Waals surface area contributed by atoms with Gasteiger partial charge in [-0.3, -0.25) is 9.78 Å². The van der Waals surface area contributed by atoms with E-state index < -0.39 is 0 Å². The third kappa shape index (κ3) is 5.10. The Hall–Kier alpha value is -1.13. The number of hydrogen-bond donors (Lipinski definition) is 1. The molecule has 1 aromatic heterocycles. The van der Waals surface area contributed by atoms with E-state index in [-0.39, 0.29) is 18.3 Å². The molecule has 2 heterocycles. The summed E-state index contributed by atoms with van der Waals surface area (Å²) in [7, 11) is 1.99. The molecule has 0 aromatic carbocycles. The van der Waals surface area contributed by atoms with Gasteiger partial charge in [-0.1, -0.05) is 6.07 Å². The van der Waals surface area contributed by atoms with Gasteiger partial charge in [0.2, 0.25) is 5.91 Å². The molecule has 1 aliphatic rings. The van der Waals surface area contributed by atoms with Crippen molar-refractivity contribution in [2.75, 3.05) is 26.7 Å². The number of nitrogens with one attached hydrogen (secondary N) is 1. The Morgan fingerprint density at radius 1 is 1.45 bits per heavy atom. The van der Waals surface area contributed by atoms with Crippen LogP contribution in [0.3, 0.4) is 0 Å². The number of halogens is 1. The molecular weight excluding hydrogens is 274 g/mol. The first-order chi connectivity index (χ1) is 9.29. The summed E-state index contributed by atoms with van der Waals surface area (Å²) in [5.74, 6) is 1.01. The summed E-state index contributed by atoms with van der Waals surface area (Å²) in [6.45, 7) is 2.90. The van der Waals surface area contributed by atoms with Crippen LogP contribution >= 0.6 is 12.4 Å². The number of carbonyl (C=O) groups is 1. The number of pyridine rings is 1. The molecule has 1 aromatic rings. The summed E-state index contributed by atoms with van der Waals surface area (Å²) in [5, 5.41) is 3.19. The van der Waals surface area contributed by atoms with Crippen molar-refractivity contribution in [1.29, 1.82) is 0 Å². The molecule has 0 radical (unpaired) electrons. The Morgan fingerprint density at radius 3 is 2.80 bits per heavy atom. The van der Waals surface area contributed by atoms with E-state index in [1.165, 1.54) is 6.42 Å². The second-order valence-corrected chi connectivity index (χ2v) is 5.25. The zero-order valence-corrected chi connectivity index (χ0v) is 12.9. The average molecular weight is 298 g/mol. The molecular formula is C15H24ClN3O. The van der Waals surface area contributed by atoms with Gasteiger partial charge in [0, 0.05) is 25.5 Å². The zero-order valence-electron chi connectivity index (χ0n) is 12.0. The summed E-state index contributed by atoms with van der Waals surface area (Å²) in [6, 6.07) is 3.84. The Balaban J connectivity index is 0.00000200. The minimum absolute atomic E-state index is 0. The molecule has 2 rings (SSSR count). The first kappa shape index (κ1) is 16.9. The lowest BCUT2D eigenvalue weighted by Gasteiger charge is -2.32. The molecule has 5 heteroatoms. The molecule has 0 bridgehead atoms. The second-order valence-electron chi connectivity index (χ2n) is 5.25. The van der Waals surface area contributed by atoms with E-state index in [0.717, 1.165) is 44.0 Å². The molecule has 0 atom stereocenters. The number of aromatic nitrogens is 1. The van der Waals surface area contributed by atoms with Crippen molar-refractivity contribution in [3.63, 3.8) is 0 Å². The van der Waals surface area contributed by atoms with E-state index in [0.29, 0.717) is 6.42 Å². The number of rotatable bonds is 5. The summed E-state index contributed by atoms with van der Waals surface area (Å²) in [4.78, 5) is 18.2. The van der Waals surface area contributed by atoms with Crippen molar-refractivity contribution in [2.45, 2.75) is 25.7 Å². The maximum Gasteiger partial charge on any atom is 0.227 e. The van der Waals surface area contributed by atoms with Crippen molar-refractivity contribution in [3.8, 4) is 0 Å². The number of hydrogen-bond acceptors (Lipinski definition) is 3. The molecule has 0 aliphatic carbocycles. The second kappa shape index (κ2) is 8.93. The largest absolute Gasteiger partial charge is 0.342 e. The van der Waals surface area contributed by atoms with Gasteiger partial charge in [-0.25, -0.2) is 0 Å². The van der Waals surface area contributed by atoms with Gasteiger partial charge in [-0.05, 0) is 50.4 Å². The third-order valence-corrected chi connectivity index (χ3v) is 3.85. The molecule has 0 saturated carbocycles. The molecule has 4 nitrogen and oxygen atoms in total. The standard InChI is InChI=1S/C15H23N3O.ClH/c1-16-8-4-13-5-9-18(10-6-13)15(19)11-14-3-2-7-17-12-14;/h2-3,7,12-13,16H,4-6,8-11H2,1H3;1H. The lowest BCUT2D eigenvalue weighted by molar-refractivity contribution is -0.131. The van der Waals surface area contributed by atoms with E-state index in [9.17, 15) is 4.79 Å². The van der Waals surface area contributed by atoms with Crippen LogP contribution in [0.5, 0.6) is 0 Å². The highest BCUT2D eigenvalue weighted by Gasteiger charge is 2.22. The minimum Gasteiger partial charge on any atom is -0.342 e. The van der Waals surface area contributed by atoms with Crippen molar-refractivity contribution in [2.24, 2.45) is 5.92 Å². The molecule has 20 heavy (non-hydrogen) atoms. The van der Waals surface area contributed by atoms with Gasteiger partial charge in [0.25, 0.3) is 0 Å². The van der Waals surface area contributed by atoms with Crippen molar-refractivity contribution < 1.29 is 4.79 Å². The highest BCUT2D eigenvalue weighted by atomic mass is 35.5. The lowest BCUT2D eigenvalue weighted by Crippen LogP contribution is -2.39. The van der Waals surface area contributed by atoms with Crippen LogP contribution in [-0.2, 0) is 11.2 Å². The van der Waals surface area contributed by atoms with Crippen molar-refractivity contribution >= 4 is 18.3 Å². The predicted octanol–water partition coefficient (Wildman–Crippen LogP) is 1.89. The van der Waals surface area contributed by atoms with Gasteiger partial charge in [0.1, 0.15) is 0 Å². The zero-order chi connectivity index (χ0) is 13.5. The van der Waals surface area contributed by atoms with E-state index in [1.807, 2.05) is 24.1 Å². The number of amides is 1. The smallest absolute Gasteiger partial charge is 0.227 e. The van der Waals surface area contributed by atoms with Crippen LogP contribution in [0.25, 0.3) is 0 Å². The van der Waals surface area contributed by atoms with Crippen LogP contribution in [0.1, 0.15) is 24.8 Å². The van der Waals surface area contributed by atoms with Crippen LogP contribution < -0.4 is 5.32 Å². The van der Waals surface area contributed by atoms with Gasteiger partial charge in [0.05, 0.1) is 6.42 Å². The van der Waals surface area contributed by atoms with E-state index >= 15 is 0 Å². The van der Waals surface area contributed by atoms with Crippen LogP contribution in [-0.4, -0.2) is 42.5 Å². The van der Waals surface area contributed by atoms with Crippen LogP contribution in [0.2, 0.25) is 0 Å². The van der Waals surface area contributed by atoms with Crippen LogP contribution in [0.15, 0.2) is 24.5 Å². The molecule has 1 N–H and O–H groups in total. The fourth-order valence-corrected chi connectivity index (χ4v) is 2.61. The Morgan fingerprint density at radius 2 is 2.20 bits per heavy atom. The number of likely N-dealkylation sites (tertiary alicyclic amines) is 1. The Labute approximate surface area is 127 Å². The first-order valence-electron chi connectivity index (χ1n) is 7.11. The molecule has 1 aliphatic heterocycles. The topological polar surface area (TPSA) is 45.2 Å². The number of nitrogens with zero attached hydrogens (tertiary/aromatic N) is 2. The SMILES string of the molecule is CNCCC1CCN(C(=O)Cc2cccnc2)CC1.Cl. The normalized spacial score (nSPS) is 15.8. The predicted molar refractivity (Wildman–Crippen MR) is 83.0 cm³/mol. The van der Waals surface area contributed by atoms with E-state index in [1.54, 1.807) is 12.4 Å². The maximum absolute atomic E-state index is 12.2. The van der Waals surface area contributed by atoms with Gasteiger partial charge in [-0.15, -0.1) is 12.4 Å². The van der Waals surface area contributed by atoms with E-state index in [4.69, 9.17) is 0 Å². The summed E-state index contributed by atoms with van der Waals surface area (Å²) in [5.41, 5.74) is 1.00. The highest BCUT2D eigenvalue weighted by molar-refractivity contribution is 5.85. The molecule has 112 valence electrons. The number of piperidine rings is 1. The molecule has 1 saturated heterocycles. The van der Waals surface area contributed by atoms with Gasteiger partial charge < -0.3 is 10.2 Å². The van der Waals surface area contributed by atoms with Crippen LogP contribution in [0.4, 0.5) is 0 Å². The quantitative estimate of drug-likeness (QED) is 0.903. The summed E-state index contributed by atoms with van der Waals surface area (Å²) < 4.78 is 0. The van der Waals surface area contributed by atoms with Gasteiger partial charge in [0.15, 0.2) is 0 Å². The minimum atomic E-state index is 0. The van der Waals surface area contributed by atoms with Gasteiger partial charge in [-0.2, -0.15) is 0 Å². The summed E-state index contributed by atoms with van der Waals surface area (Å²) in [6.07, 6.45) is 7.50. The molecule has 0 spiro atoms. The van der Waals surface area contributed by atoms with Crippen LogP contribution in [0, 0.1) is 5.92 Å². The lowest BCUT2D eigenvalue weighted by atomic mass is 9.93. The molecule has 1 amide bonds. The summed E-state index contributed by atoms with van der Waals surface area (Å²) >= 11 is 0. The molecule has 0 unspecified atom stereocenters. The van der Waals surface area contributed by atoms with E-state index in [2.05, 4.69) is 10.3 Å². The molecule has 1 fully saturated rings.